The number of anilines is 2. The lowest BCUT2D eigenvalue weighted by atomic mass is 10.2. The number of carbonyl (C=O) groups excluding carboxylic acids is 1. The first-order valence-electron chi connectivity index (χ1n) is 9.83. The SMILES string of the molecule is COc1ccc(N(CC(=O)Nc2ccc(C(F)(F)F)cc2)S(=O)(=O)c2ccccc2)c(OC)c1. The van der Waals surface area contributed by atoms with Gasteiger partial charge in [-0.2, -0.15) is 13.2 Å². The molecule has 180 valence electrons. The van der Waals surface area contributed by atoms with Gasteiger partial charge < -0.3 is 14.8 Å². The fourth-order valence-electron chi connectivity index (χ4n) is 3.08. The largest absolute Gasteiger partial charge is 0.497 e. The number of hydrogen-bond acceptors (Lipinski definition) is 5. The Balaban J connectivity index is 1.96. The molecular weight excluding hydrogens is 473 g/mol. The van der Waals surface area contributed by atoms with Crippen LogP contribution in [0.15, 0.2) is 77.7 Å². The second kappa shape index (κ2) is 10.0. The highest BCUT2D eigenvalue weighted by Crippen LogP contribution is 2.35. The van der Waals surface area contributed by atoms with Crippen molar-refractivity contribution in [2.45, 2.75) is 11.1 Å². The lowest BCUT2D eigenvalue weighted by Gasteiger charge is -2.26. The molecule has 0 saturated heterocycles. The minimum atomic E-state index is -4.52. The van der Waals surface area contributed by atoms with Crippen LogP contribution in [0.3, 0.4) is 0 Å². The summed E-state index contributed by atoms with van der Waals surface area (Å²) in [5.74, 6) is -0.217. The fraction of sp³-hybridized carbons (Fsp3) is 0.174. The van der Waals surface area contributed by atoms with Crippen molar-refractivity contribution in [3.8, 4) is 11.5 Å². The Morgan fingerprint density at radius 2 is 1.59 bits per heavy atom. The summed E-state index contributed by atoms with van der Waals surface area (Å²) in [6.45, 7) is -0.666. The van der Waals surface area contributed by atoms with Crippen LogP contribution in [0, 0.1) is 0 Å². The minimum Gasteiger partial charge on any atom is -0.497 e. The van der Waals surface area contributed by atoms with Gasteiger partial charge in [0.1, 0.15) is 18.0 Å². The summed E-state index contributed by atoms with van der Waals surface area (Å²) in [7, 11) is -1.44. The van der Waals surface area contributed by atoms with Gasteiger partial charge in [0.2, 0.25) is 5.91 Å². The Hall–Kier alpha value is -3.73. The predicted molar refractivity (Wildman–Crippen MR) is 121 cm³/mol. The lowest BCUT2D eigenvalue weighted by molar-refractivity contribution is -0.137. The number of halogens is 3. The highest BCUT2D eigenvalue weighted by atomic mass is 32.2. The van der Waals surface area contributed by atoms with Crippen LogP contribution >= 0.6 is 0 Å². The second-order valence-corrected chi connectivity index (χ2v) is 8.85. The first-order valence-corrected chi connectivity index (χ1v) is 11.3. The molecule has 0 unspecified atom stereocenters. The number of nitrogens with one attached hydrogen (secondary N) is 1. The fourth-order valence-corrected chi connectivity index (χ4v) is 4.54. The molecule has 0 saturated carbocycles. The number of sulfonamides is 1. The Morgan fingerprint density at radius 3 is 2.15 bits per heavy atom. The van der Waals surface area contributed by atoms with Crippen molar-refractivity contribution in [3.63, 3.8) is 0 Å². The van der Waals surface area contributed by atoms with Crippen molar-refractivity contribution in [1.29, 1.82) is 0 Å². The number of nitrogens with zero attached hydrogens (tertiary/aromatic N) is 1. The van der Waals surface area contributed by atoms with Gasteiger partial charge in [-0.25, -0.2) is 8.42 Å². The lowest BCUT2D eigenvalue weighted by Crippen LogP contribution is -2.38. The van der Waals surface area contributed by atoms with E-state index in [4.69, 9.17) is 9.47 Å². The molecule has 3 aromatic carbocycles. The summed E-state index contributed by atoms with van der Waals surface area (Å²) in [6.07, 6.45) is -4.52. The molecule has 7 nitrogen and oxygen atoms in total. The number of hydrogen-bond donors (Lipinski definition) is 1. The van der Waals surface area contributed by atoms with Crippen molar-refractivity contribution in [2.75, 3.05) is 30.4 Å². The van der Waals surface area contributed by atoms with Gasteiger partial charge in [0.25, 0.3) is 10.0 Å². The molecule has 0 heterocycles. The number of ether oxygens (including phenoxy) is 2. The van der Waals surface area contributed by atoms with Crippen LogP contribution in [-0.2, 0) is 21.0 Å². The van der Waals surface area contributed by atoms with E-state index >= 15 is 0 Å². The molecule has 0 spiro atoms. The van der Waals surface area contributed by atoms with E-state index in [2.05, 4.69) is 5.32 Å². The average Bonchev–Trinajstić information content (AvgIpc) is 2.82. The van der Waals surface area contributed by atoms with Crippen molar-refractivity contribution >= 4 is 27.3 Å². The van der Waals surface area contributed by atoms with Gasteiger partial charge in [0.05, 0.1) is 30.4 Å². The standard InChI is InChI=1S/C23H21F3N2O5S/c1-32-18-12-13-20(21(14-18)33-2)28(34(30,31)19-6-4-3-5-7-19)15-22(29)27-17-10-8-16(9-11-17)23(24,25)26/h3-14H,15H2,1-2H3,(H,27,29). The average molecular weight is 494 g/mol. The molecule has 0 radical (unpaired) electrons. The second-order valence-electron chi connectivity index (χ2n) is 6.99. The molecular formula is C23H21F3N2O5S. The summed E-state index contributed by atoms with van der Waals surface area (Å²) in [5, 5.41) is 2.43. The van der Waals surface area contributed by atoms with Crippen molar-refractivity contribution < 1.29 is 35.9 Å². The molecule has 34 heavy (non-hydrogen) atoms. The highest BCUT2D eigenvalue weighted by Gasteiger charge is 2.31. The molecule has 0 bridgehead atoms. The maximum Gasteiger partial charge on any atom is 0.416 e. The molecule has 3 aromatic rings. The van der Waals surface area contributed by atoms with E-state index in [1.807, 2.05) is 0 Å². The van der Waals surface area contributed by atoms with E-state index in [1.54, 1.807) is 18.2 Å². The molecule has 0 fully saturated rings. The number of alkyl halides is 3. The predicted octanol–water partition coefficient (Wildman–Crippen LogP) is 4.56. The van der Waals surface area contributed by atoms with E-state index in [9.17, 15) is 26.4 Å². The molecule has 0 aliphatic heterocycles. The van der Waals surface area contributed by atoms with Crippen LogP contribution in [0.2, 0.25) is 0 Å². The third-order valence-corrected chi connectivity index (χ3v) is 6.54. The zero-order chi connectivity index (χ0) is 24.9. The van der Waals surface area contributed by atoms with Crippen molar-refractivity contribution in [3.05, 3.63) is 78.4 Å². The number of carbonyl (C=O) groups is 1. The van der Waals surface area contributed by atoms with Crippen LogP contribution in [0.5, 0.6) is 11.5 Å². The van der Waals surface area contributed by atoms with Gasteiger partial charge >= 0.3 is 6.18 Å². The van der Waals surface area contributed by atoms with E-state index in [1.165, 1.54) is 44.6 Å². The van der Waals surface area contributed by atoms with Crippen molar-refractivity contribution in [2.24, 2.45) is 0 Å². The third-order valence-electron chi connectivity index (χ3n) is 4.77. The molecule has 0 aromatic heterocycles. The highest BCUT2D eigenvalue weighted by molar-refractivity contribution is 7.92. The molecule has 11 heteroatoms. The summed E-state index contributed by atoms with van der Waals surface area (Å²) in [6, 6.07) is 15.7. The summed E-state index contributed by atoms with van der Waals surface area (Å²) in [4.78, 5) is 12.7. The number of rotatable bonds is 8. The van der Waals surface area contributed by atoms with Crippen LogP contribution in [0.4, 0.5) is 24.5 Å². The van der Waals surface area contributed by atoms with Crippen LogP contribution in [-0.4, -0.2) is 35.1 Å². The third kappa shape index (κ3) is 5.60. The number of benzene rings is 3. The zero-order valence-electron chi connectivity index (χ0n) is 18.2. The van der Waals surface area contributed by atoms with Gasteiger partial charge in [-0.15, -0.1) is 0 Å². The first kappa shape index (κ1) is 24.9. The molecule has 0 atom stereocenters. The van der Waals surface area contributed by atoms with Gasteiger partial charge in [0.15, 0.2) is 0 Å². The maximum absolute atomic E-state index is 13.4. The first-order chi connectivity index (χ1) is 16.1. The molecule has 0 aliphatic rings. The van der Waals surface area contributed by atoms with E-state index in [0.717, 1.165) is 28.6 Å². The van der Waals surface area contributed by atoms with Crippen LogP contribution in [0.1, 0.15) is 5.56 Å². The van der Waals surface area contributed by atoms with E-state index in [-0.39, 0.29) is 22.0 Å². The van der Waals surface area contributed by atoms with Crippen molar-refractivity contribution in [1.82, 2.24) is 0 Å². The molecule has 0 aliphatic carbocycles. The molecule has 1 N–H and O–H groups in total. The van der Waals surface area contributed by atoms with Gasteiger partial charge in [-0.3, -0.25) is 9.10 Å². The molecule has 3 rings (SSSR count). The maximum atomic E-state index is 13.4. The topological polar surface area (TPSA) is 84.9 Å². The minimum absolute atomic E-state index is 0.0600. The Labute approximate surface area is 194 Å². The van der Waals surface area contributed by atoms with Gasteiger partial charge in [-0.05, 0) is 48.5 Å². The summed E-state index contributed by atoms with van der Waals surface area (Å²) < 4.78 is 76.5. The Bertz CT molecular complexity index is 1250. The van der Waals surface area contributed by atoms with E-state index in [0.29, 0.717) is 5.75 Å². The number of methoxy groups -OCH3 is 2. The van der Waals surface area contributed by atoms with Crippen LogP contribution in [0.25, 0.3) is 0 Å². The molecule has 1 amide bonds. The normalized spacial score (nSPS) is 11.6. The Kier molecular flexibility index (Phi) is 7.35. The summed E-state index contributed by atoms with van der Waals surface area (Å²) in [5.41, 5.74) is -0.715. The monoisotopic (exact) mass is 494 g/mol. The zero-order valence-corrected chi connectivity index (χ0v) is 19.0. The van der Waals surface area contributed by atoms with E-state index < -0.39 is 34.2 Å². The van der Waals surface area contributed by atoms with Gasteiger partial charge in [0, 0.05) is 11.8 Å². The number of amides is 1. The van der Waals surface area contributed by atoms with Crippen LogP contribution < -0.4 is 19.1 Å². The van der Waals surface area contributed by atoms with Gasteiger partial charge in [-0.1, -0.05) is 18.2 Å². The summed E-state index contributed by atoms with van der Waals surface area (Å²) >= 11 is 0. The smallest absolute Gasteiger partial charge is 0.416 e. The quantitative estimate of drug-likeness (QED) is 0.497. The Morgan fingerprint density at radius 1 is 0.941 bits per heavy atom.